The minimum absolute atomic E-state index is 0.295. The Balaban J connectivity index is 1.68. The summed E-state index contributed by atoms with van der Waals surface area (Å²) in [4.78, 5) is 18.7. The molecule has 3 aromatic rings. The van der Waals surface area contributed by atoms with Gasteiger partial charge in [-0.15, -0.1) is 0 Å². The number of pyridine rings is 1. The van der Waals surface area contributed by atoms with Crippen LogP contribution in [0.1, 0.15) is 12.5 Å². The van der Waals surface area contributed by atoms with Crippen LogP contribution in [0.15, 0.2) is 72.9 Å². The van der Waals surface area contributed by atoms with Gasteiger partial charge in [0.05, 0.1) is 11.9 Å². The van der Waals surface area contributed by atoms with Crippen LogP contribution >= 0.6 is 0 Å². The lowest BCUT2D eigenvalue weighted by atomic mass is 10.2. The third kappa shape index (κ3) is 4.39. The number of urea groups is 1. The van der Waals surface area contributed by atoms with E-state index in [1.54, 1.807) is 6.20 Å². The molecule has 26 heavy (non-hydrogen) atoms. The fraction of sp³-hybridized carbons (Fsp3) is 0.143. The second-order valence-corrected chi connectivity index (χ2v) is 5.93. The number of amides is 2. The lowest BCUT2D eigenvalue weighted by molar-refractivity contribution is 0.262. The Morgan fingerprint density at radius 1 is 0.962 bits per heavy atom. The van der Waals surface area contributed by atoms with Crippen molar-refractivity contribution in [2.24, 2.45) is 0 Å². The number of aryl methyl sites for hydroxylation is 1. The molecule has 2 N–H and O–H groups in total. The molecule has 3 rings (SSSR count). The number of para-hydroxylation sites is 1. The molecule has 0 spiro atoms. The van der Waals surface area contributed by atoms with E-state index in [-0.39, 0.29) is 6.03 Å². The maximum absolute atomic E-state index is 12.1. The number of rotatable bonds is 5. The number of carbonyl (C=O) groups excluding carboxylic acids is 1. The van der Waals surface area contributed by atoms with Crippen molar-refractivity contribution in [3.05, 3.63) is 78.5 Å². The molecular weight excluding hydrogens is 324 g/mol. The van der Waals surface area contributed by atoms with Crippen molar-refractivity contribution in [1.29, 1.82) is 0 Å². The van der Waals surface area contributed by atoms with E-state index in [0.717, 1.165) is 23.7 Å². The van der Waals surface area contributed by atoms with E-state index in [9.17, 15) is 4.79 Å². The zero-order chi connectivity index (χ0) is 18.4. The number of hydrogen-bond acceptors (Lipinski definition) is 3. The normalized spacial score (nSPS) is 10.2. The number of nitrogens with zero attached hydrogens (tertiary/aromatic N) is 2. The summed E-state index contributed by atoms with van der Waals surface area (Å²) in [5.41, 5.74) is 3.69. The number of nitrogens with one attached hydrogen (secondary N) is 2. The predicted molar refractivity (Wildman–Crippen MR) is 107 cm³/mol. The number of benzene rings is 2. The SMILES string of the molecule is CCN(c1cccc(C)c1)c1ccc(NC(=O)Nc2ccccc2)cn1. The van der Waals surface area contributed by atoms with Gasteiger partial charge >= 0.3 is 6.03 Å². The van der Waals surface area contributed by atoms with Crippen molar-refractivity contribution < 1.29 is 4.79 Å². The molecule has 2 aromatic carbocycles. The summed E-state index contributed by atoms with van der Waals surface area (Å²) in [6, 6.07) is 21.1. The van der Waals surface area contributed by atoms with Crippen molar-refractivity contribution in [3.63, 3.8) is 0 Å². The third-order valence-electron chi connectivity index (χ3n) is 3.94. The highest BCUT2D eigenvalue weighted by Crippen LogP contribution is 2.24. The molecule has 0 saturated heterocycles. The van der Waals surface area contributed by atoms with Gasteiger partial charge in [-0.3, -0.25) is 0 Å². The predicted octanol–water partition coefficient (Wildman–Crippen LogP) is 5.19. The molecular formula is C21H22N4O. The van der Waals surface area contributed by atoms with Gasteiger partial charge in [0.15, 0.2) is 0 Å². The van der Waals surface area contributed by atoms with Gasteiger partial charge in [-0.2, -0.15) is 0 Å². The Kier molecular flexibility index (Phi) is 5.49. The van der Waals surface area contributed by atoms with Gasteiger partial charge in [0, 0.05) is 17.9 Å². The Morgan fingerprint density at radius 2 is 1.73 bits per heavy atom. The number of hydrogen-bond donors (Lipinski definition) is 2. The molecule has 0 fully saturated rings. The van der Waals surface area contributed by atoms with Crippen molar-refractivity contribution in [2.75, 3.05) is 22.1 Å². The van der Waals surface area contributed by atoms with E-state index in [1.807, 2.05) is 48.5 Å². The van der Waals surface area contributed by atoms with E-state index < -0.39 is 0 Å². The summed E-state index contributed by atoms with van der Waals surface area (Å²) in [5.74, 6) is 0.840. The van der Waals surface area contributed by atoms with Gasteiger partial charge in [-0.25, -0.2) is 9.78 Å². The summed E-state index contributed by atoms with van der Waals surface area (Å²) in [7, 11) is 0. The smallest absolute Gasteiger partial charge is 0.323 e. The minimum atomic E-state index is -0.295. The number of carbonyl (C=O) groups is 1. The van der Waals surface area contributed by atoms with E-state index >= 15 is 0 Å². The highest BCUT2D eigenvalue weighted by Gasteiger charge is 2.09. The van der Waals surface area contributed by atoms with E-state index in [0.29, 0.717) is 5.69 Å². The van der Waals surface area contributed by atoms with Crippen molar-refractivity contribution in [1.82, 2.24) is 4.98 Å². The lowest BCUT2D eigenvalue weighted by Gasteiger charge is -2.22. The Morgan fingerprint density at radius 3 is 2.38 bits per heavy atom. The van der Waals surface area contributed by atoms with E-state index in [2.05, 4.69) is 52.6 Å². The van der Waals surface area contributed by atoms with Crippen molar-refractivity contribution >= 4 is 28.9 Å². The van der Waals surface area contributed by atoms with E-state index in [1.165, 1.54) is 5.56 Å². The average Bonchev–Trinajstić information content (AvgIpc) is 2.64. The second-order valence-electron chi connectivity index (χ2n) is 5.93. The fourth-order valence-corrected chi connectivity index (χ4v) is 2.71. The van der Waals surface area contributed by atoms with Crippen LogP contribution in [-0.2, 0) is 0 Å². The van der Waals surface area contributed by atoms with Crippen LogP contribution < -0.4 is 15.5 Å². The molecule has 1 heterocycles. The first kappa shape index (κ1) is 17.5. The third-order valence-corrected chi connectivity index (χ3v) is 3.94. The molecule has 0 aliphatic carbocycles. The summed E-state index contributed by atoms with van der Waals surface area (Å²) >= 11 is 0. The quantitative estimate of drug-likeness (QED) is 0.668. The number of anilines is 4. The molecule has 132 valence electrons. The molecule has 0 aliphatic heterocycles. The topological polar surface area (TPSA) is 57.3 Å². The molecule has 0 saturated carbocycles. The molecule has 5 nitrogen and oxygen atoms in total. The van der Waals surface area contributed by atoms with Crippen molar-refractivity contribution in [3.8, 4) is 0 Å². The maximum atomic E-state index is 12.1. The van der Waals surface area contributed by atoms with Gasteiger partial charge in [0.25, 0.3) is 0 Å². The van der Waals surface area contributed by atoms with Gasteiger partial charge in [0.2, 0.25) is 0 Å². The molecule has 0 atom stereocenters. The largest absolute Gasteiger partial charge is 0.327 e. The molecule has 2 amide bonds. The van der Waals surface area contributed by atoms with Crippen LogP contribution in [0, 0.1) is 6.92 Å². The summed E-state index contributed by atoms with van der Waals surface area (Å²) in [5, 5.41) is 5.58. The maximum Gasteiger partial charge on any atom is 0.323 e. The van der Waals surface area contributed by atoms with E-state index in [4.69, 9.17) is 0 Å². The van der Waals surface area contributed by atoms with Crippen molar-refractivity contribution in [2.45, 2.75) is 13.8 Å². The van der Waals surface area contributed by atoms with Gasteiger partial charge in [-0.1, -0.05) is 30.3 Å². The molecule has 0 bridgehead atoms. The minimum Gasteiger partial charge on any atom is -0.327 e. The van der Waals surface area contributed by atoms with Gasteiger partial charge in [0.1, 0.15) is 5.82 Å². The molecule has 0 radical (unpaired) electrons. The zero-order valence-electron chi connectivity index (χ0n) is 14.9. The Labute approximate surface area is 153 Å². The Hall–Kier alpha value is -3.34. The Bertz CT molecular complexity index is 863. The number of aromatic nitrogens is 1. The molecule has 0 aliphatic rings. The highest BCUT2D eigenvalue weighted by molar-refractivity contribution is 5.99. The zero-order valence-corrected chi connectivity index (χ0v) is 14.9. The standard InChI is InChI=1S/C21H22N4O/c1-3-25(19-11-7-8-16(2)14-19)20-13-12-18(15-22-20)24-21(26)23-17-9-5-4-6-10-17/h4-15H,3H2,1-2H3,(H2,23,24,26). The molecule has 1 aromatic heterocycles. The lowest BCUT2D eigenvalue weighted by Crippen LogP contribution is -2.20. The summed E-state index contributed by atoms with van der Waals surface area (Å²) in [6.45, 7) is 4.96. The van der Waals surface area contributed by atoms with Crippen LogP contribution in [0.25, 0.3) is 0 Å². The van der Waals surface area contributed by atoms with Gasteiger partial charge < -0.3 is 15.5 Å². The average molecular weight is 346 g/mol. The fourth-order valence-electron chi connectivity index (χ4n) is 2.71. The first-order valence-electron chi connectivity index (χ1n) is 8.59. The highest BCUT2D eigenvalue weighted by atomic mass is 16.2. The van der Waals surface area contributed by atoms with Crippen LogP contribution in [0.2, 0.25) is 0 Å². The first-order valence-corrected chi connectivity index (χ1v) is 8.59. The van der Waals surface area contributed by atoms with Crippen LogP contribution in [0.4, 0.5) is 27.7 Å². The molecule has 5 heteroatoms. The van der Waals surface area contributed by atoms with Crippen LogP contribution in [-0.4, -0.2) is 17.6 Å². The second kappa shape index (κ2) is 8.16. The van der Waals surface area contributed by atoms with Gasteiger partial charge in [-0.05, 0) is 55.8 Å². The molecule has 0 unspecified atom stereocenters. The monoisotopic (exact) mass is 346 g/mol. The summed E-state index contributed by atoms with van der Waals surface area (Å²) < 4.78 is 0. The first-order chi connectivity index (χ1) is 12.7. The van der Waals surface area contributed by atoms with Crippen LogP contribution in [0.3, 0.4) is 0 Å². The van der Waals surface area contributed by atoms with Crippen LogP contribution in [0.5, 0.6) is 0 Å². The summed E-state index contributed by atoms with van der Waals surface area (Å²) in [6.07, 6.45) is 1.67.